The lowest BCUT2D eigenvalue weighted by molar-refractivity contribution is -0.120. The minimum atomic E-state index is -0.241. The second-order valence-electron chi connectivity index (χ2n) is 8.79. The van der Waals surface area contributed by atoms with Crippen molar-refractivity contribution in [3.05, 3.63) is 24.3 Å². The summed E-state index contributed by atoms with van der Waals surface area (Å²) >= 11 is 1.47. The number of carbonyl (C=O) groups excluding carboxylic acids is 1. The van der Waals surface area contributed by atoms with Gasteiger partial charge in [0, 0.05) is 18.7 Å². The number of amides is 1. The van der Waals surface area contributed by atoms with Crippen LogP contribution >= 0.6 is 11.8 Å². The molecule has 0 bridgehead atoms. The molecule has 7 nitrogen and oxygen atoms in total. The average Bonchev–Trinajstić information content (AvgIpc) is 3.49. The molecule has 4 rings (SSSR count). The van der Waals surface area contributed by atoms with Crippen molar-refractivity contribution in [2.45, 2.75) is 74.9 Å². The summed E-state index contributed by atoms with van der Waals surface area (Å²) in [7, 11) is 1.66. The summed E-state index contributed by atoms with van der Waals surface area (Å²) in [6.07, 6.45) is 8.60. The van der Waals surface area contributed by atoms with Gasteiger partial charge in [0.2, 0.25) is 5.91 Å². The van der Waals surface area contributed by atoms with E-state index in [0.717, 1.165) is 48.3 Å². The normalized spacial score (nSPS) is 20.2. The van der Waals surface area contributed by atoms with Crippen LogP contribution in [0.3, 0.4) is 0 Å². The highest BCUT2D eigenvalue weighted by atomic mass is 32.2. The van der Waals surface area contributed by atoms with Gasteiger partial charge >= 0.3 is 0 Å². The Hall–Kier alpha value is -2.06. The van der Waals surface area contributed by atoms with Crippen molar-refractivity contribution in [1.82, 2.24) is 20.1 Å². The number of ether oxygens (including phenoxy) is 2. The van der Waals surface area contributed by atoms with Crippen LogP contribution in [-0.4, -0.2) is 52.3 Å². The molecule has 1 saturated heterocycles. The molecule has 2 aliphatic rings. The molecule has 1 N–H and O–H groups in total. The summed E-state index contributed by atoms with van der Waals surface area (Å²) in [6, 6.07) is 7.83. The monoisotopic (exact) mass is 458 g/mol. The Morgan fingerprint density at radius 1 is 1.19 bits per heavy atom. The van der Waals surface area contributed by atoms with Crippen molar-refractivity contribution in [3.8, 4) is 17.1 Å². The highest BCUT2D eigenvalue weighted by molar-refractivity contribution is 8.00. The Kier molecular flexibility index (Phi) is 8.08. The third kappa shape index (κ3) is 5.84. The fourth-order valence-electron chi connectivity index (χ4n) is 4.48. The topological polar surface area (TPSA) is 78.3 Å². The van der Waals surface area contributed by atoms with Crippen molar-refractivity contribution < 1.29 is 14.3 Å². The number of aromatic nitrogens is 3. The van der Waals surface area contributed by atoms with Gasteiger partial charge in [-0.1, -0.05) is 31.0 Å². The standard InChI is InChI=1S/C24H34N4O3S/c1-17(23(29)25-15-18-7-4-3-5-8-18)32-24-27-26-22(19-10-12-20(30-2)13-11-19)28(24)16-21-9-6-14-31-21/h10-13,17-18,21H,3-9,14-16H2,1-2H3,(H,25,29)/t17-,21-/m1/s1. The summed E-state index contributed by atoms with van der Waals surface area (Å²) < 4.78 is 13.3. The largest absolute Gasteiger partial charge is 0.497 e. The van der Waals surface area contributed by atoms with Crippen LogP contribution in [0.1, 0.15) is 51.9 Å². The molecule has 1 aliphatic carbocycles. The van der Waals surface area contributed by atoms with Gasteiger partial charge in [-0.15, -0.1) is 10.2 Å². The van der Waals surface area contributed by atoms with Crippen molar-refractivity contribution >= 4 is 17.7 Å². The smallest absolute Gasteiger partial charge is 0.233 e. The highest BCUT2D eigenvalue weighted by Crippen LogP contribution is 2.30. The number of benzene rings is 1. The van der Waals surface area contributed by atoms with E-state index in [1.165, 1.54) is 43.9 Å². The van der Waals surface area contributed by atoms with Gasteiger partial charge in [0.15, 0.2) is 11.0 Å². The van der Waals surface area contributed by atoms with Gasteiger partial charge in [-0.25, -0.2) is 0 Å². The van der Waals surface area contributed by atoms with Crippen LogP contribution in [0.4, 0.5) is 0 Å². The maximum absolute atomic E-state index is 12.8. The predicted octanol–water partition coefficient (Wildman–Crippen LogP) is 4.31. The average molecular weight is 459 g/mol. The quantitative estimate of drug-likeness (QED) is 0.564. The molecule has 1 amide bonds. The number of nitrogens with zero attached hydrogens (tertiary/aromatic N) is 3. The lowest BCUT2D eigenvalue weighted by Gasteiger charge is -2.22. The van der Waals surface area contributed by atoms with Crippen LogP contribution in [-0.2, 0) is 16.1 Å². The molecule has 1 saturated carbocycles. The first-order valence-electron chi connectivity index (χ1n) is 11.8. The zero-order valence-electron chi connectivity index (χ0n) is 19.1. The minimum absolute atomic E-state index is 0.0678. The van der Waals surface area contributed by atoms with E-state index < -0.39 is 0 Å². The molecule has 32 heavy (non-hydrogen) atoms. The van der Waals surface area contributed by atoms with Crippen LogP contribution in [0.15, 0.2) is 29.4 Å². The van der Waals surface area contributed by atoms with E-state index >= 15 is 0 Å². The first-order valence-corrected chi connectivity index (χ1v) is 12.7. The SMILES string of the molecule is COc1ccc(-c2nnc(S[C@H](C)C(=O)NCC3CCCCC3)n2C[C@H]2CCCO2)cc1. The molecule has 2 atom stereocenters. The molecule has 2 fully saturated rings. The van der Waals surface area contributed by atoms with Gasteiger partial charge in [-0.3, -0.25) is 9.36 Å². The van der Waals surface area contributed by atoms with Crippen LogP contribution in [0.5, 0.6) is 5.75 Å². The summed E-state index contributed by atoms with van der Waals surface area (Å²) in [5.74, 6) is 2.28. The van der Waals surface area contributed by atoms with Crippen LogP contribution in [0.25, 0.3) is 11.4 Å². The summed E-state index contributed by atoms with van der Waals surface area (Å²) in [4.78, 5) is 12.8. The number of hydrogen-bond acceptors (Lipinski definition) is 6. The molecule has 2 heterocycles. The van der Waals surface area contributed by atoms with Crippen LogP contribution in [0.2, 0.25) is 0 Å². The molecule has 1 aromatic carbocycles. The zero-order chi connectivity index (χ0) is 22.3. The summed E-state index contributed by atoms with van der Waals surface area (Å²) in [5, 5.41) is 12.6. The van der Waals surface area contributed by atoms with Crippen molar-refractivity contribution in [2.75, 3.05) is 20.3 Å². The maximum Gasteiger partial charge on any atom is 0.233 e. The van der Waals surface area contributed by atoms with Crippen molar-refractivity contribution in [3.63, 3.8) is 0 Å². The summed E-state index contributed by atoms with van der Waals surface area (Å²) in [6.45, 7) is 4.21. The molecule has 0 radical (unpaired) electrons. The molecule has 8 heteroatoms. The lowest BCUT2D eigenvalue weighted by atomic mass is 9.89. The molecule has 2 aromatic rings. The molecule has 174 valence electrons. The fourth-order valence-corrected chi connectivity index (χ4v) is 5.36. The molecular formula is C24H34N4O3S. The number of hydrogen-bond donors (Lipinski definition) is 1. The second-order valence-corrected chi connectivity index (χ2v) is 10.1. The van der Waals surface area contributed by atoms with Crippen LogP contribution < -0.4 is 10.1 Å². The number of nitrogens with one attached hydrogen (secondary N) is 1. The summed E-state index contributed by atoms with van der Waals surface area (Å²) in [5.41, 5.74) is 0.970. The fraction of sp³-hybridized carbons (Fsp3) is 0.625. The molecular weight excluding hydrogens is 424 g/mol. The van der Waals surface area contributed by atoms with E-state index in [4.69, 9.17) is 9.47 Å². The van der Waals surface area contributed by atoms with E-state index in [0.29, 0.717) is 12.5 Å². The van der Waals surface area contributed by atoms with E-state index in [-0.39, 0.29) is 17.3 Å². The minimum Gasteiger partial charge on any atom is -0.497 e. The number of rotatable bonds is 9. The Labute approximate surface area is 194 Å². The van der Waals surface area contributed by atoms with Gasteiger partial charge < -0.3 is 14.8 Å². The first kappa shape index (κ1) is 23.1. The van der Waals surface area contributed by atoms with E-state index in [1.807, 2.05) is 31.2 Å². The van der Waals surface area contributed by atoms with Gasteiger partial charge in [0.1, 0.15) is 5.75 Å². The number of methoxy groups -OCH3 is 1. The number of thioether (sulfide) groups is 1. The number of carbonyl (C=O) groups is 1. The van der Waals surface area contributed by atoms with Crippen LogP contribution in [0, 0.1) is 5.92 Å². The van der Waals surface area contributed by atoms with Gasteiger partial charge in [0.05, 0.1) is 25.0 Å². The highest BCUT2D eigenvalue weighted by Gasteiger charge is 2.25. The Morgan fingerprint density at radius 3 is 2.66 bits per heavy atom. The van der Waals surface area contributed by atoms with Gasteiger partial charge in [-0.2, -0.15) is 0 Å². The van der Waals surface area contributed by atoms with Gasteiger partial charge in [0.25, 0.3) is 0 Å². The molecule has 0 unspecified atom stereocenters. The molecule has 1 aromatic heterocycles. The van der Waals surface area contributed by atoms with Gasteiger partial charge in [-0.05, 0) is 62.8 Å². The predicted molar refractivity (Wildman–Crippen MR) is 126 cm³/mol. The van der Waals surface area contributed by atoms with E-state index in [2.05, 4.69) is 20.1 Å². The van der Waals surface area contributed by atoms with Crippen molar-refractivity contribution in [2.24, 2.45) is 5.92 Å². The first-order chi connectivity index (χ1) is 15.6. The zero-order valence-corrected chi connectivity index (χ0v) is 19.9. The Bertz CT molecular complexity index is 874. The lowest BCUT2D eigenvalue weighted by Crippen LogP contribution is -2.35. The molecule has 0 spiro atoms. The Morgan fingerprint density at radius 2 is 1.97 bits per heavy atom. The Balaban J connectivity index is 1.46. The van der Waals surface area contributed by atoms with Crippen molar-refractivity contribution in [1.29, 1.82) is 0 Å². The second kappa shape index (κ2) is 11.2. The third-order valence-corrected chi connectivity index (χ3v) is 7.50. The third-order valence-electron chi connectivity index (χ3n) is 6.42. The van der Waals surface area contributed by atoms with E-state index in [9.17, 15) is 4.79 Å². The van der Waals surface area contributed by atoms with E-state index in [1.54, 1.807) is 7.11 Å². The maximum atomic E-state index is 12.8. The molecule has 1 aliphatic heterocycles.